The van der Waals surface area contributed by atoms with Crippen molar-refractivity contribution in [3.8, 4) is 0 Å². The number of para-hydroxylation sites is 1. The molecule has 0 aliphatic rings. The number of carbonyl (C=O) groups excluding carboxylic acids is 3. The van der Waals surface area contributed by atoms with Crippen molar-refractivity contribution >= 4 is 35.1 Å². The van der Waals surface area contributed by atoms with Gasteiger partial charge in [-0.1, -0.05) is 61.2 Å². The minimum atomic E-state index is -0.830. The van der Waals surface area contributed by atoms with Crippen LogP contribution in [-0.2, 0) is 25.6 Å². The molecule has 0 saturated carbocycles. The van der Waals surface area contributed by atoms with E-state index in [-0.39, 0.29) is 26.2 Å². The number of esters is 1. The highest BCUT2D eigenvalue weighted by Gasteiger charge is 2.35. The van der Waals surface area contributed by atoms with Crippen molar-refractivity contribution in [1.29, 1.82) is 0 Å². The first kappa shape index (κ1) is 30.2. The molecule has 1 heterocycles. The van der Waals surface area contributed by atoms with Crippen LogP contribution in [0, 0.1) is 0 Å². The number of aromatic nitrogens is 1. The van der Waals surface area contributed by atoms with Crippen molar-refractivity contribution in [2.45, 2.75) is 58.8 Å². The SMILES string of the molecule is C=CCCN(C(=O)OCc1ccccc1)C(CC(=O)OCC)c1c(C=C)n(C(=O)OC(C)(C)C)c2ccccc12. The third-order valence-electron chi connectivity index (χ3n) is 6.11. The number of rotatable bonds is 11. The highest BCUT2D eigenvalue weighted by Crippen LogP contribution is 2.38. The van der Waals surface area contributed by atoms with Crippen molar-refractivity contribution in [3.05, 3.63) is 90.7 Å². The van der Waals surface area contributed by atoms with Crippen molar-refractivity contribution in [3.63, 3.8) is 0 Å². The first-order chi connectivity index (χ1) is 19.1. The lowest BCUT2D eigenvalue weighted by Gasteiger charge is -2.31. The van der Waals surface area contributed by atoms with Gasteiger partial charge >= 0.3 is 18.2 Å². The highest BCUT2D eigenvalue weighted by molar-refractivity contribution is 5.97. The number of hydrogen-bond donors (Lipinski definition) is 0. The van der Waals surface area contributed by atoms with E-state index in [1.165, 1.54) is 9.47 Å². The Morgan fingerprint density at radius 3 is 2.30 bits per heavy atom. The quantitative estimate of drug-likeness (QED) is 0.143. The van der Waals surface area contributed by atoms with Crippen LogP contribution in [0.1, 0.15) is 63.4 Å². The molecule has 2 aromatic carbocycles. The summed E-state index contributed by atoms with van der Waals surface area (Å²) in [6.07, 6.45) is 2.33. The molecule has 0 saturated heterocycles. The van der Waals surface area contributed by atoms with Crippen LogP contribution >= 0.6 is 0 Å². The number of nitrogens with zero attached hydrogens (tertiary/aromatic N) is 2. The Kier molecular flexibility index (Phi) is 10.3. The molecule has 0 aliphatic heterocycles. The fourth-order valence-corrected chi connectivity index (χ4v) is 4.49. The highest BCUT2D eigenvalue weighted by atomic mass is 16.6. The van der Waals surface area contributed by atoms with E-state index < -0.39 is 29.8 Å². The summed E-state index contributed by atoms with van der Waals surface area (Å²) < 4.78 is 18.2. The number of carbonyl (C=O) groups is 3. The Morgan fingerprint density at radius 2 is 1.68 bits per heavy atom. The molecule has 0 fully saturated rings. The van der Waals surface area contributed by atoms with E-state index in [0.717, 1.165) is 5.56 Å². The first-order valence-electron chi connectivity index (χ1n) is 13.3. The number of hydrogen-bond acceptors (Lipinski definition) is 6. The zero-order valence-corrected chi connectivity index (χ0v) is 23.7. The van der Waals surface area contributed by atoms with E-state index in [4.69, 9.17) is 14.2 Å². The summed E-state index contributed by atoms with van der Waals surface area (Å²) in [4.78, 5) is 41.5. The van der Waals surface area contributed by atoms with E-state index in [1.807, 2.05) is 48.5 Å². The molecule has 1 atom stereocenters. The number of fused-ring (bicyclic) bond motifs is 1. The van der Waals surface area contributed by atoms with E-state index in [9.17, 15) is 14.4 Å². The van der Waals surface area contributed by atoms with Crippen molar-refractivity contribution < 1.29 is 28.6 Å². The smallest absolute Gasteiger partial charge is 0.419 e. The van der Waals surface area contributed by atoms with Crippen molar-refractivity contribution in [2.75, 3.05) is 13.2 Å². The van der Waals surface area contributed by atoms with Crippen molar-refractivity contribution in [1.82, 2.24) is 9.47 Å². The number of ether oxygens (including phenoxy) is 3. The maximum atomic E-state index is 13.6. The molecule has 1 aromatic heterocycles. The monoisotopic (exact) mass is 546 g/mol. The van der Waals surface area contributed by atoms with Gasteiger partial charge in [0.05, 0.1) is 30.3 Å². The molecule has 0 spiro atoms. The minimum Gasteiger partial charge on any atom is -0.466 e. The maximum Gasteiger partial charge on any atom is 0.419 e. The predicted octanol–water partition coefficient (Wildman–Crippen LogP) is 7.28. The summed E-state index contributed by atoms with van der Waals surface area (Å²) in [6, 6.07) is 15.8. The van der Waals surface area contributed by atoms with Gasteiger partial charge in [-0.05, 0) is 51.8 Å². The summed E-state index contributed by atoms with van der Waals surface area (Å²) in [6.45, 7) is 15.3. The molecular formula is C32H38N2O6. The van der Waals surface area contributed by atoms with Crippen LogP contribution in [0.2, 0.25) is 0 Å². The molecule has 0 aliphatic carbocycles. The van der Waals surface area contributed by atoms with Gasteiger partial charge in [0.2, 0.25) is 0 Å². The maximum absolute atomic E-state index is 13.6. The summed E-state index contributed by atoms with van der Waals surface area (Å²) >= 11 is 0. The standard InChI is InChI=1S/C32H38N2O6/c1-7-10-20-33(30(36)39-22-23-16-12-11-13-17-23)27(21-28(35)38-9-3)29-24-18-14-15-19-26(24)34(25(29)8-2)31(37)40-32(4,5)6/h7-8,11-19,27H,1-2,9-10,20-22H2,3-6H3. The van der Waals surface area contributed by atoms with Gasteiger partial charge in [0, 0.05) is 17.5 Å². The lowest BCUT2D eigenvalue weighted by atomic mass is 9.98. The van der Waals surface area contributed by atoms with Gasteiger partial charge in [-0.25, -0.2) is 14.2 Å². The second-order valence-corrected chi connectivity index (χ2v) is 10.2. The van der Waals surface area contributed by atoms with Crippen LogP contribution in [0.3, 0.4) is 0 Å². The Morgan fingerprint density at radius 1 is 1.00 bits per heavy atom. The molecular weight excluding hydrogens is 508 g/mol. The number of benzene rings is 2. The molecule has 0 radical (unpaired) electrons. The molecule has 0 bridgehead atoms. The normalized spacial score (nSPS) is 11.9. The van der Waals surface area contributed by atoms with Crippen LogP contribution in [0.25, 0.3) is 17.0 Å². The Hall–Kier alpha value is -4.33. The Bertz CT molecular complexity index is 1350. The molecule has 212 valence electrons. The topological polar surface area (TPSA) is 87.1 Å². The average molecular weight is 547 g/mol. The molecule has 8 nitrogen and oxygen atoms in total. The van der Waals surface area contributed by atoms with Crippen LogP contribution in [-0.4, -0.2) is 46.4 Å². The lowest BCUT2D eigenvalue weighted by Crippen LogP contribution is -2.38. The van der Waals surface area contributed by atoms with E-state index >= 15 is 0 Å². The second-order valence-electron chi connectivity index (χ2n) is 10.2. The van der Waals surface area contributed by atoms with Gasteiger partial charge in [0.15, 0.2) is 0 Å². The second kappa shape index (κ2) is 13.6. The minimum absolute atomic E-state index is 0.0599. The van der Waals surface area contributed by atoms with Gasteiger partial charge in [0.1, 0.15) is 12.2 Å². The number of amides is 1. The summed E-state index contributed by atoms with van der Waals surface area (Å²) in [5.74, 6) is -0.490. The third kappa shape index (κ3) is 7.40. The first-order valence-corrected chi connectivity index (χ1v) is 13.3. The Balaban J connectivity index is 2.18. The summed E-state index contributed by atoms with van der Waals surface area (Å²) in [5, 5.41) is 0.678. The summed E-state index contributed by atoms with van der Waals surface area (Å²) in [5.41, 5.74) is 1.64. The van der Waals surface area contributed by atoms with Gasteiger partial charge in [-0.3, -0.25) is 4.79 Å². The van der Waals surface area contributed by atoms with Gasteiger partial charge < -0.3 is 19.1 Å². The zero-order valence-electron chi connectivity index (χ0n) is 23.7. The molecule has 40 heavy (non-hydrogen) atoms. The van der Waals surface area contributed by atoms with Crippen LogP contribution in [0.5, 0.6) is 0 Å². The van der Waals surface area contributed by atoms with E-state index in [1.54, 1.807) is 45.9 Å². The predicted molar refractivity (Wildman–Crippen MR) is 156 cm³/mol. The largest absolute Gasteiger partial charge is 0.466 e. The van der Waals surface area contributed by atoms with Crippen LogP contribution in [0.15, 0.2) is 73.8 Å². The molecule has 3 aromatic rings. The molecule has 1 unspecified atom stereocenters. The third-order valence-corrected chi connectivity index (χ3v) is 6.11. The molecule has 0 N–H and O–H groups in total. The fourth-order valence-electron chi connectivity index (χ4n) is 4.49. The van der Waals surface area contributed by atoms with Gasteiger partial charge in [-0.15, -0.1) is 6.58 Å². The van der Waals surface area contributed by atoms with Crippen LogP contribution in [0.4, 0.5) is 9.59 Å². The van der Waals surface area contributed by atoms with Crippen molar-refractivity contribution in [2.24, 2.45) is 0 Å². The fraction of sp³-hybridized carbons (Fsp3) is 0.344. The summed E-state index contributed by atoms with van der Waals surface area (Å²) in [7, 11) is 0. The molecule has 1 amide bonds. The average Bonchev–Trinajstić information content (AvgIpc) is 3.25. The van der Waals surface area contributed by atoms with Crippen LogP contribution < -0.4 is 0 Å². The van der Waals surface area contributed by atoms with Gasteiger partial charge in [0.25, 0.3) is 0 Å². The molecule has 8 heteroatoms. The van der Waals surface area contributed by atoms with E-state index in [2.05, 4.69) is 13.2 Å². The lowest BCUT2D eigenvalue weighted by molar-refractivity contribution is -0.144. The Labute approximate surface area is 235 Å². The van der Waals surface area contributed by atoms with Gasteiger partial charge in [-0.2, -0.15) is 0 Å². The zero-order chi connectivity index (χ0) is 29.3. The van der Waals surface area contributed by atoms with E-state index in [0.29, 0.717) is 28.6 Å². The molecule has 3 rings (SSSR count).